The van der Waals surface area contributed by atoms with Crippen molar-refractivity contribution in [1.82, 2.24) is 0 Å². The highest BCUT2D eigenvalue weighted by Crippen LogP contribution is 2.43. The van der Waals surface area contributed by atoms with E-state index < -0.39 is 0 Å². The quantitative estimate of drug-likeness (QED) is 0.506. The van der Waals surface area contributed by atoms with Crippen LogP contribution in [0.15, 0.2) is 48.5 Å². The number of benzene rings is 2. The molecule has 2 aromatic rings. The number of hydrogen-bond acceptors (Lipinski definition) is 1. The van der Waals surface area contributed by atoms with Crippen molar-refractivity contribution in [1.29, 1.82) is 0 Å². The first-order valence-electron chi connectivity index (χ1n) is 6.07. The van der Waals surface area contributed by atoms with Gasteiger partial charge in [-0.05, 0) is 17.0 Å². The minimum absolute atomic E-state index is 0.159. The van der Waals surface area contributed by atoms with E-state index in [2.05, 4.69) is 41.6 Å². The van der Waals surface area contributed by atoms with Crippen LogP contribution in [0.2, 0.25) is 0 Å². The van der Waals surface area contributed by atoms with Crippen LogP contribution in [0.4, 0.5) is 0 Å². The summed E-state index contributed by atoms with van der Waals surface area (Å²) in [4.78, 5) is 12.6. The van der Waals surface area contributed by atoms with Crippen LogP contribution in [0.25, 0.3) is 0 Å². The van der Waals surface area contributed by atoms with E-state index in [1.54, 1.807) is 0 Å². The zero-order valence-corrected chi connectivity index (χ0v) is 12.2. The summed E-state index contributed by atoms with van der Waals surface area (Å²) in [6, 6.07) is 16.0. The molecule has 0 radical (unpaired) electrons. The van der Waals surface area contributed by atoms with Crippen molar-refractivity contribution in [2.24, 2.45) is 0 Å². The molecule has 90 valence electrons. The molecule has 0 fully saturated rings. The molecular formula is C16H13IO. The smallest absolute Gasteiger partial charge is 0.193 e. The first kappa shape index (κ1) is 11.9. The van der Waals surface area contributed by atoms with Crippen molar-refractivity contribution in [2.45, 2.75) is 16.8 Å². The molecule has 1 nitrogen and oxygen atoms in total. The van der Waals surface area contributed by atoms with E-state index in [9.17, 15) is 4.79 Å². The number of rotatable bonds is 0. The molecule has 3 rings (SSSR count). The van der Waals surface area contributed by atoms with Gasteiger partial charge in [-0.25, -0.2) is 0 Å². The van der Waals surface area contributed by atoms with Crippen LogP contribution in [0, 0.1) is 0 Å². The molecule has 1 aliphatic carbocycles. The molecule has 0 N–H and O–H groups in total. The third-order valence-electron chi connectivity index (χ3n) is 3.64. The molecule has 0 aromatic heterocycles. The highest BCUT2D eigenvalue weighted by Gasteiger charge is 2.30. The van der Waals surface area contributed by atoms with Crippen molar-refractivity contribution in [3.05, 3.63) is 70.8 Å². The molecule has 0 amide bonds. The van der Waals surface area contributed by atoms with Crippen LogP contribution in [-0.2, 0) is 0 Å². The Morgan fingerprint density at radius 1 is 0.889 bits per heavy atom. The molecule has 0 saturated carbocycles. The lowest BCUT2D eigenvalue weighted by atomic mass is 9.93. The zero-order valence-electron chi connectivity index (χ0n) is 10.1. The van der Waals surface area contributed by atoms with Gasteiger partial charge in [0, 0.05) is 15.1 Å². The first-order valence-corrected chi connectivity index (χ1v) is 7.31. The van der Waals surface area contributed by atoms with Crippen molar-refractivity contribution >= 4 is 28.4 Å². The van der Waals surface area contributed by atoms with Gasteiger partial charge in [-0.15, -0.1) is 0 Å². The van der Waals surface area contributed by atoms with E-state index in [-0.39, 0.29) is 5.78 Å². The summed E-state index contributed by atoms with van der Waals surface area (Å²) in [7, 11) is 0. The third-order valence-corrected chi connectivity index (χ3v) is 5.39. The number of halogens is 1. The molecule has 0 saturated heterocycles. The molecule has 0 heterocycles. The summed E-state index contributed by atoms with van der Waals surface area (Å²) < 4.78 is 0.339. The van der Waals surface area contributed by atoms with E-state index in [0.717, 1.165) is 22.3 Å². The second kappa shape index (κ2) is 4.50. The summed E-state index contributed by atoms with van der Waals surface area (Å²) in [5.41, 5.74) is 4.04. The first-order chi connectivity index (χ1) is 8.70. The summed E-state index contributed by atoms with van der Waals surface area (Å²) in [6.45, 7) is 2.20. The van der Waals surface area contributed by atoms with Crippen LogP contribution in [0.1, 0.15) is 43.8 Å². The third kappa shape index (κ3) is 1.70. The van der Waals surface area contributed by atoms with Crippen LogP contribution >= 0.6 is 22.6 Å². The lowest BCUT2D eigenvalue weighted by Gasteiger charge is -2.18. The summed E-state index contributed by atoms with van der Waals surface area (Å²) >= 11 is 2.45. The number of hydrogen-bond donors (Lipinski definition) is 0. The molecule has 18 heavy (non-hydrogen) atoms. The van der Waals surface area contributed by atoms with Gasteiger partial charge in [0.25, 0.3) is 0 Å². The normalized spacial score (nSPS) is 22.0. The number of carbonyl (C=O) groups excluding carboxylic acids is 1. The van der Waals surface area contributed by atoms with Crippen LogP contribution in [-0.4, -0.2) is 5.78 Å². The Kier molecular flexibility index (Phi) is 2.98. The van der Waals surface area contributed by atoms with Gasteiger partial charge in [-0.3, -0.25) is 4.79 Å². The lowest BCUT2D eigenvalue weighted by Crippen LogP contribution is -2.03. The molecular weight excluding hydrogens is 335 g/mol. The Morgan fingerprint density at radius 2 is 1.39 bits per heavy atom. The summed E-state index contributed by atoms with van der Waals surface area (Å²) in [5.74, 6) is 0.515. The summed E-state index contributed by atoms with van der Waals surface area (Å²) in [5, 5.41) is 0. The van der Waals surface area contributed by atoms with E-state index in [4.69, 9.17) is 0 Å². The minimum Gasteiger partial charge on any atom is -0.289 e. The van der Waals surface area contributed by atoms with Crippen LogP contribution in [0.3, 0.4) is 0 Å². The van der Waals surface area contributed by atoms with Crippen molar-refractivity contribution in [3.8, 4) is 0 Å². The Hall–Kier alpha value is -1.16. The van der Waals surface area contributed by atoms with E-state index >= 15 is 0 Å². The molecule has 2 aromatic carbocycles. The van der Waals surface area contributed by atoms with Gasteiger partial charge in [-0.2, -0.15) is 0 Å². The fourth-order valence-electron chi connectivity index (χ4n) is 2.62. The van der Waals surface area contributed by atoms with Crippen molar-refractivity contribution < 1.29 is 4.79 Å². The van der Waals surface area contributed by atoms with E-state index in [1.165, 1.54) is 0 Å². The Bertz CT molecular complexity index is 564. The monoisotopic (exact) mass is 348 g/mol. The van der Waals surface area contributed by atoms with E-state index in [0.29, 0.717) is 9.84 Å². The molecule has 0 aliphatic heterocycles. The standard InChI is InChI=1S/C16H13IO/c1-10-11-6-2-4-8-13(11)16(18)14-9-5-3-7-12(14)15(10)17/h2-10,15H,1H3. The predicted octanol–water partition coefficient (Wildman–Crippen LogP) is 4.51. The molecule has 2 heteroatoms. The van der Waals surface area contributed by atoms with Crippen LogP contribution < -0.4 is 0 Å². The second-order valence-electron chi connectivity index (χ2n) is 4.69. The van der Waals surface area contributed by atoms with Crippen molar-refractivity contribution in [2.75, 3.05) is 0 Å². The highest BCUT2D eigenvalue weighted by molar-refractivity contribution is 14.1. The Labute approximate surface area is 120 Å². The molecule has 2 atom stereocenters. The summed E-state index contributed by atoms with van der Waals surface area (Å²) in [6.07, 6.45) is 0. The largest absolute Gasteiger partial charge is 0.289 e. The van der Waals surface area contributed by atoms with Gasteiger partial charge in [-0.1, -0.05) is 78.0 Å². The lowest BCUT2D eigenvalue weighted by molar-refractivity contribution is 0.103. The van der Waals surface area contributed by atoms with Crippen molar-refractivity contribution in [3.63, 3.8) is 0 Å². The second-order valence-corrected chi connectivity index (χ2v) is 6.04. The van der Waals surface area contributed by atoms with Gasteiger partial charge in [0.15, 0.2) is 5.78 Å². The molecule has 0 spiro atoms. The van der Waals surface area contributed by atoms with Gasteiger partial charge in [0.2, 0.25) is 0 Å². The molecule has 0 bridgehead atoms. The average Bonchev–Trinajstić information content (AvgIpc) is 2.51. The molecule has 1 aliphatic rings. The molecule has 2 unspecified atom stereocenters. The topological polar surface area (TPSA) is 17.1 Å². The fourth-order valence-corrected chi connectivity index (χ4v) is 3.55. The van der Waals surface area contributed by atoms with Gasteiger partial charge in [0.1, 0.15) is 0 Å². The number of fused-ring (bicyclic) bond motifs is 2. The van der Waals surface area contributed by atoms with E-state index in [1.807, 2.05) is 36.4 Å². The van der Waals surface area contributed by atoms with Gasteiger partial charge < -0.3 is 0 Å². The number of alkyl halides is 1. The fraction of sp³-hybridized carbons (Fsp3) is 0.188. The maximum atomic E-state index is 12.6. The predicted molar refractivity (Wildman–Crippen MR) is 81.5 cm³/mol. The maximum absolute atomic E-state index is 12.6. The Morgan fingerprint density at radius 3 is 2.06 bits per heavy atom. The highest BCUT2D eigenvalue weighted by atomic mass is 127. The average molecular weight is 348 g/mol. The van der Waals surface area contributed by atoms with Crippen LogP contribution in [0.5, 0.6) is 0 Å². The number of ketones is 1. The van der Waals surface area contributed by atoms with Gasteiger partial charge >= 0.3 is 0 Å². The van der Waals surface area contributed by atoms with Gasteiger partial charge in [0.05, 0.1) is 0 Å². The Balaban J connectivity index is 2.31. The zero-order chi connectivity index (χ0) is 12.7. The number of carbonyl (C=O) groups is 1. The minimum atomic E-state index is 0.159. The maximum Gasteiger partial charge on any atom is 0.193 e. The SMILES string of the molecule is CC1c2ccccc2C(=O)c2ccccc2C1I.